The van der Waals surface area contributed by atoms with E-state index in [9.17, 15) is 34.2 Å². The SMILES string of the molecule is CCCCCCCCCCCCCCCC(=O)OCC(CSCC(N)C(=O)NC(CCO)C(=O)NC(CCO)C(=O)O)OC(=O)CCCCCCCCCCCCCCC. The summed E-state index contributed by atoms with van der Waals surface area (Å²) in [6.45, 7) is 3.45. The number of amides is 2. The van der Waals surface area contributed by atoms with Gasteiger partial charge in [0.15, 0.2) is 0 Å². The Morgan fingerprint density at radius 2 is 0.917 bits per heavy atom. The van der Waals surface area contributed by atoms with Gasteiger partial charge in [-0.1, -0.05) is 168 Å². The van der Waals surface area contributed by atoms with Gasteiger partial charge in [-0.2, -0.15) is 11.8 Å². The minimum Gasteiger partial charge on any atom is -0.480 e. The number of carbonyl (C=O) groups is 5. The van der Waals surface area contributed by atoms with Crippen molar-refractivity contribution in [2.75, 3.05) is 31.3 Å². The first kappa shape index (κ1) is 57.6. The maximum atomic E-state index is 12.9. The van der Waals surface area contributed by atoms with Gasteiger partial charge in [-0.3, -0.25) is 19.2 Å². The Balaban J connectivity index is 4.83. The molecule has 0 aliphatic heterocycles. The van der Waals surface area contributed by atoms with Crippen molar-refractivity contribution in [3.63, 3.8) is 0 Å². The van der Waals surface area contributed by atoms with E-state index in [0.717, 1.165) is 44.9 Å². The summed E-state index contributed by atoms with van der Waals surface area (Å²) in [6, 6.07) is -3.69. The monoisotopic (exact) mass is 874 g/mol. The second-order valence-corrected chi connectivity index (χ2v) is 17.5. The number of unbranched alkanes of at least 4 members (excludes halogenated alkanes) is 24. The van der Waals surface area contributed by atoms with Gasteiger partial charge in [0.1, 0.15) is 24.8 Å². The molecular formula is C46H87N3O10S. The zero-order valence-corrected chi connectivity index (χ0v) is 38.6. The first-order valence-corrected chi connectivity index (χ1v) is 25.0. The van der Waals surface area contributed by atoms with Crippen LogP contribution in [0.2, 0.25) is 0 Å². The lowest BCUT2D eigenvalue weighted by molar-refractivity contribution is -0.157. The Labute approximate surface area is 367 Å². The Bertz CT molecular complexity index is 1080. The molecule has 60 heavy (non-hydrogen) atoms. The van der Waals surface area contributed by atoms with Crippen molar-refractivity contribution in [3.8, 4) is 0 Å². The molecule has 0 aliphatic rings. The lowest BCUT2D eigenvalue weighted by Gasteiger charge is -2.22. The highest BCUT2D eigenvalue weighted by Crippen LogP contribution is 2.16. The van der Waals surface area contributed by atoms with Gasteiger partial charge < -0.3 is 41.2 Å². The van der Waals surface area contributed by atoms with Gasteiger partial charge in [0.25, 0.3) is 0 Å². The van der Waals surface area contributed by atoms with Crippen molar-refractivity contribution in [2.45, 2.75) is 231 Å². The van der Waals surface area contributed by atoms with E-state index in [-0.39, 0.29) is 49.3 Å². The number of nitrogens with one attached hydrogen (secondary N) is 2. The summed E-state index contributed by atoms with van der Waals surface area (Å²) in [6.07, 6.45) is 30.8. The molecular weight excluding hydrogens is 787 g/mol. The van der Waals surface area contributed by atoms with Crippen molar-refractivity contribution in [1.82, 2.24) is 10.6 Å². The van der Waals surface area contributed by atoms with E-state index in [0.29, 0.717) is 6.42 Å². The number of hydrogen-bond acceptors (Lipinski definition) is 11. The molecule has 0 radical (unpaired) electrons. The highest BCUT2D eigenvalue weighted by Gasteiger charge is 2.28. The maximum absolute atomic E-state index is 12.9. The third kappa shape index (κ3) is 35.2. The lowest BCUT2D eigenvalue weighted by atomic mass is 10.0. The van der Waals surface area contributed by atoms with E-state index in [4.69, 9.17) is 20.3 Å². The number of ether oxygens (including phenoxy) is 2. The van der Waals surface area contributed by atoms with Crippen LogP contribution in [0, 0.1) is 0 Å². The van der Waals surface area contributed by atoms with Crippen molar-refractivity contribution in [1.29, 1.82) is 0 Å². The molecule has 352 valence electrons. The normalized spacial score (nSPS) is 13.3. The van der Waals surface area contributed by atoms with Crippen LogP contribution in [-0.2, 0) is 33.4 Å². The molecule has 0 rings (SSSR count). The second kappa shape index (κ2) is 41.9. The summed E-state index contributed by atoms with van der Waals surface area (Å²) in [5.41, 5.74) is 6.12. The van der Waals surface area contributed by atoms with Crippen molar-refractivity contribution >= 4 is 41.5 Å². The molecule has 0 spiro atoms. The van der Waals surface area contributed by atoms with Crippen LogP contribution in [0.4, 0.5) is 0 Å². The molecule has 7 N–H and O–H groups in total. The smallest absolute Gasteiger partial charge is 0.326 e. The fourth-order valence-electron chi connectivity index (χ4n) is 6.93. The van der Waals surface area contributed by atoms with E-state index >= 15 is 0 Å². The fourth-order valence-corrected chi connectivity index (χ4v) is 7.90. The minimum atomic E-state index is -1.36. The molecule has 2 amide bonds. The molecule has 4 unspecified atom stereocenters. The zero-order chi connectivity index (χ0) is 44.5. The van der Waals surface area contributed by atoms with Gasteiger partial charge >= 0.3 is 17.9 Å². The first-order valence-electron chi connectivity index (χ1n) is 23.8. The van der Waals surface area contributed by atoms with Crippen LogP contribution in [0.15, 0.2) is 0 Å². The largest absolute Gasteiger partial charge is 0.480 e. The minimum absolute atomic E-state index is 0.0847. The van der Waals surface area contributed by atoms with Crippen LogP contribution in [0.1, 0.15) is 206 Å². The van der Waals surface area contributed by atoms with Gasteiger partial charge in [-0.05, 0) is 19.3 Å². The Kier molecular flexibility index (Phi) is 40.2. The summed E-state index contributed by atoms with van der Waals surface area (Å²) >= 11 is 1.24. The number of nitrogens with two attached hydrogens (primary N) is 1. The Morgan fingerprint density at radius 1 is 0.533 bits per heavy atom. The van der Waals surface area contributed by atoms with Crippen LogP contribution in [-0.4, -0.2) is 101 Å². The average molecular weight is 874 g/mol. The van der Waals surface area contributed by atoms with Crippen molar-refractivity contribution in [3.05, 3.63) is 0 Å². The number of thioether (sulfide) groups is 1. The molecule has 0 saturated heterocycles. The number of aliphatic carboxylic acids is 1. The van der Waals surface area contributed by atoms with Gasteiger partial charge in [-0.15, -0.1) is 0 Å². The topological polar surface area (TPSA) is 215 Å². The first-order chi connectivity index (χ1) is 29.1. The molecule has 0 heterocycles. The number of aliphatic hydroxyl groups excluding tert-OH is 2. The average Bonchev–Trinajstić information content (AvgIpc) is 3.22. The second-order valence-electron chi connectivity index (χ2n) is 16.4. The lowest BCUT2D eigenvalue weighted by Crippen LogP contribution is -2.55. The molecule has 0 aromatic heterocycles. The van der Waals surface area contributed by atoms with Crippen LogP contribution >= 0.6 is 11.8 Å². The molecule has 0 aromatic carbocycles. The highest BCUT2D eigenvalue weighted by molar-refractivity contribution is 7.99. The van der Waals surface area contributed by atoms with Crippen LogP contribution in [0.25, 0.3) is 0 Å². The standard InChI is InChI=1S/C46H87N3O10S/c1-3-5-7-9-11-13-15-17-19-21-23-25-27-29-42(52)58-35-38(59-43(53)30-28-26-24-22-20-18-16-14-12-10-8-6-4-2)36-60-37-39(47)44(54)48-40(31-33-50)45(55)49-41(32-34-51)46(56)57/h38-41,50-51H,3-37,47H2,1-2H3,(H,48,54)(H,49,55)(H,56,57). The van der Waals surface area contributed by atoms with E-state index in [1.165, 1.54) is 134 Å². The predicted molar refractivity (Wildman–Crippen MR) is 242 cm³/mol. The molecule has 4 atom stereocenters. The van der Waals surface area contributed by atoms with Crippen LogP contribution in [0.5, 0.6) is 0 Å². The number of carbonyl (C=O) groups excluding carboxylic acids is 4. The van der Waals surface area contributed by atoms with Gasteiger partial charge in [0.2, 0.25) is 11.8 Å². The summed E-state index contributed by atoms with van der Waals surface area (Å²) in [5.74, 6) is -3.25. The molecule has 0 aliphatic carbocycles. The molecule has 13 nitrogen and oxygen atoms in total. The summed E-state index contributed by atoms with van der Waals surface area (Å²) in [4.78, 5) is 62.5. The van der Waals surface area contributed by atoms with E-state index < -0.39 is 55.2 Å². The zero-order valence-electron chi connectivity index (χ0n) is 37.7. The highest BCUT2D eigenvalue weighted by atomic mass is 32.2. The number of hydrogen-bond donors (Lipinski definition) is 6. The Hall–Kier alpha value is -2.42. The number of esters is 2. The third-order valence-corrected chi connectivity index (χ3v) is 11.9. The molecule has 0 bridgehead atoms. The van der Waals surface area contributed by atoms with Crippen molar-refractivity contribution in [2.24, 2.45) is 5.73 Å². The molecule has 0 aromatic rings. The Morgan fingerprint density at radius 3 is 1.33 bits per heavy atom. The molecule has 0 saturated carbocycles. The summed E-state index contributed by atoms with van der Waals surface area (Å²) in [5, 5.41) is 32.6. The summed E-state index contributed by atoms with van der Waals surface area (Å²) in [7, 11) is 0. The van der Waals surface area contributed by atoms with E-state index in [1.54, 1.807) is 0 Å². The van der Waals surface area contributed by atoms with E-state index in [2.05, 4.69) is 24.5 Å². The van der Waals surface area contributed by atoms with Crippen LogP contribution < -0.4 is 16.4 Å². The van der Waals surface area contributed by atoms with E-state index in [1.807, 2.05) is 0 Å². The predicted octanol–water partition coefficient (Wildman–Crippen LogP) is 8.28. The third-order valence-electron chi connectivity index (χ3n) is 10.7. The number of carboxylic acid groups (broad SMARTS) is 1. The van der Waals surface area contributed by atoms with Gasteiger partial charge in [0.05, 0.1) is 6.04 Å². The maximum Gasteiger partial charge on any atom is 0.326 e. The van der Waals surface area contributed by atoms with Gasteiger partial charge in [-0.25, -0.2) is 4.79 Å². The number of rotatable bonds is 44. The van der Waals surface area contributed by atoms with Crippen LogP contribution in [0.3, 0.4) is 0 Å². The quantitative estimate of drug-likeness (QED) is 0.0252. The molecule has 0 fully saturated rings. The summed E-state index contributed by atoms with van der Waals surface area (Å²) < 4.78 is 11.3. The number of aliphatic hydroxyl groups is 2. The fraction of sp³-hybridized carbons (Fsp3) is 0.891. The van der Waals surface area contributed by atoms with Crippen molar-refractivity contribution < 1.29 is 48.8 Å². The molecule has 14 heteroatoms. The van der Waals surface area contributed by atoms with Gasteiger partial charge in [0, 0.05) is 44.0 Å². The number of carboxylic acids is 1.